The lowest BCUT2D eigenvalue weighted by atomic mass is 10.4. The Kier molecular flexibility index (Phi) is 2.84. The van der Waals surface area contributed by atoms with E-state index in [0.29, 0.717) is 23.3 Å². The van der Waals surface area contributed by atoms with Crippen molar-refractivity contribution < 1.29 is 9.32 Å². The van der Waals surface area contributed by atoms with Gasteiger partial charge >= 0.3 is 5.16 Å². The van der Waals surface area contributed by atoms with Gasteiger partial charge in [0.15, 0.2) is 0 Å². The van der Waals surface area contributed by atoms with Gasteiger partial charge in [0.1, 0.15) is 16.8 Å². The van der Waals surface area contributed by atoms with Gasteiger partial charge in [-0.1, -0.05) is 0 Å². The summed E-state index contributed by atoms with van der Waals surface area (Å²) >= 11 is 0. The monoisotopic (exact) mass is 317 g/mol. The Morgan fingerprint density at radius 1 is 1.50 bits per heavy atom. The highest BCUT2D eigenvalue weighted by molar-refractivity contribution is 7.38. The van der Waals surface area contributed by atoms with Crippen LogP contribution in [0.1, 0.15) is 21.3 Å². The average molecular weight is 317 g/mol. The molecule has 4 heterocycles. The Morgan fingerprint density at radius 3 is 3.14 bits per heavy atom. The second-order valence-electron chi connectivity index (χ2n) is 4.93. The molecule has 0 aromatic carbocycles. The van der Waals surface area contributed by atoms with Crippen LogP contribution in [0.25, 0.3) is 10.8 Å². The van der Waals surface area contributed by atoms with E-state index in [4.69, 9.17) is 10.3 Å². The molecule has 1 amide bonds. The molecule has 0 fully saturated rings. The van der Waals surface area contributed by atoms with Gasteiger partial charge in [-0.2, -0.15) is 0 Å². The van der Waals surface area contributed by atoms with Crippen molar-refractivity contribution in [3.05, 3.63) is 40.4 Å². The summed E-state index contributed by atoms with van der Waals surface area (Å²) in [6.45, 7) is 0.725. The molecule has 0 radical (unpaired) electrons. The van der Waals surface area contributed by atoms with Crippen LogP contribution < -0.4 is 5.73 Å². The number of amides is 1. The summed E-state index contributed by atoms with van der Waals surface area (Å²) in [7, 11) is 1.33. The average Bonchev–Trinajstić information content (AvgIpc) is 3.23. The van der Waals surface area contributed by atoms with Gasteiger partial charge in [0, 0.05) is 18.3 Å². The molecule has 3 aromatic rings. The van der Waals surface area contributed by atoms with E-state index in [-0.39, 0.29) is 12.5 Å². The Bertz CT molecular complexity index is 864. The fourth-order valence-corrected chi connectivity index (χ4v) is 4.31. The van der Waals surface area contributed by atoms with Crippen LogP contribution >= 0.6 is 10.5 Å². The third-order valence-electron chi connectivity index (χ3n) is 3.58. The van der Waals surface area contributed by atoms with E-state index in [0.717, 1.165) is 10.6 Å². The van der Waals surface area contributed by atoms with Crippen molar-refractivity contribution in [2.45, 2.75) is 13.1 Å². The van der Waals surface area contributed by atoms with Crippen molar-refractivity contribution in [3.63, 3.8) is 0 Å². The molecule has 0 saturated carbocycles. The summed E-state index contributed by atoms with van der Waals surface area (Å²) in [6, 6.07) is 1.98. The molecule has 0 spiro atoms. The Morgan fingerprint density at radius 2 is 2.36 bits per heavy atom. The molecule has 9 heteroatoms. The largest absolute Gasteiger partial charge is 0.407 e. The minimum atomic E-state index is -0.441. The van der Waals surface area contributed by atoms with E-state index in [1.54, 1.807) is 24.5 Å². The first-order chi connectivity index (χ1) is 10.7. The van der Waals surface area contributed by atoms with Gasteiger partial charge in [0.05, 0.1) is 36.1 Å². The maximum Gasteiger partial charge on any atom is 0.407 e. The summed E-state index contributed by atoms with van der Waals surface area (Å²) in [4.78, 5) is 23.5. The quantitative estimate of drug-likeness (QED) is 0.708. The van der Waals surface area contributed by atoms with Crippen molar-refractivity contribution in [2.24, 2.45) is 5.73 Å². The molecule has 1 aliphatic rings. The first-order valence-electron chi connectivity index (χ1n) is 6.64. The van der Waals surface area contributed by atoms with Gasteiger partial charge in [-0.15, -0.1) is 4.98 Å². The zero-order valence-electron chi connectivity index (χ0n) is 11.8. The van der Waals surface area contributed by atoms with E-state index < -0.39 is 10.5 Å². The molecular formula is C13H13N6O2S+. The molecule has 2 N–H and O–H groups in total. The molecule has 4 rings (SSSR count). The van der Waals surface area contributed by atoms with Gasteiger partial charge in [-0.25, -0.2) is 4.98 Å². The molecule has 0 saturated heterocycles. The van der Waals surface area contributed by atoms with Crippen LogP contribution in [0.4, 0.5) is 0 Å². The first-order valence-corrected chi connectivity index (χ1v) is 7.93. The number of thiophene rings is 1. The lowest BCUT2D eigenvalue weighted by Crippen LogP contribution is -2.25. The smallest absolute Gasteiger partial charge is 0.333 e. The number of imidazole rings is 1. The van der Waals surface area contributed by atoms with Crippen molar-refractivity contribution in [1.29, 1.82) is 0 Å². The molecule has 3 aromatic heterocycles. The highest BCUT2D eigenvalue weighted by atomic mass is 32.2. The highest BCUT2D eigenvalue weighted by Crippen LogP contribution is 2.40. The number of nitrogens with two attached hydrogens (primary N) is 1. The summed E-state index contributed by atoms with van der Waals surface area (Å²) in [5, 5.41) is 6.63. The summed E-state index contributed by atoms with van der Waals surface area (Å²) in [5.41, 5.74) is 7.03. The predicted octanol–water partition coefficient (Wildman–Crippen LogP) is 1.04. The fourth-order valence-electron chi connectivity index (χ4n) is 2.50. The minimum Gasteiger partial charge on any atom is -0.333 e. The number of fused-ring (bicyclic) bond motifs is 3. The number of aromatic nitrogens is 4. The summed E-state index contributed by atoms with van der Waals surface area (Å²) < 4.78 is 6.92. The van der Waals surface area contributed by atoms with Crippen LogP contribution in [0.2, 0.25) is 0 Å². The maximum atomic E-state index is 12.4. The molecule has 22 heavy (non-hydrogen) atoms. The maximum absolute atomic E-state index is 12.4. The van der Waals surface area contributed by atoms with E-state index in [1.165, 1.54) is 0 Å². The molecule has 1 unspecified atom stereocenters. The number of rotatable bonds is 2. The Balaban J connectivity index is 1.90. The lowest BCUT2D eigenvalue weighted by molar-refractivity contribution is 0.0783. The number of hydrogen-bond donors (Lipinski definition) is 1. The topological polar surface area (TPSA) is 103 Å². The standard InChI is InChI=1S/C13H13N6O2S/c1-18-6-10-8(19-7-15-5-9(19)12(18)20)2-3-22(10)13-16-11(4-14)21-17-13/h2-3,5,7H,4,6,14H2,1H3/q+1. The highest BCUT2D eigenvalue weighted by Gasteiger charge is 2.34. The van der Waals surface area contributed by atoms with Crippen molar-refractivity contribution in [2.75, 3.05) is 7.05 Å². The lowest BCUT2D eigenvalue weighted by Gasteiger charge is -2.11. The molecule has 1 atom stereocenters. The molecule has 1 aliphatic heterocycles. The summed E-state index contributed by atoms with van der Waals surface area (Å²) in [5.74, 6) is 0.353. The third-order valence-corrected chi connectivity index (χ3v) is 5.42. The zero-order valence-corrected chi connectivity index (χ0v) is 12.6. The molecule has 112 valence electrons. The number of carbonyl (C=O) groups is 1. The van der Waals surface area contributed by atoms with Crippen LogP contribution in [0.3, 0.4) is 0 Å². The van der Waals surface area contributed by atoms with Gasteiger partial charge in [0.2, 0.25) is 10.8 Å². The van der Waals surface area contributed by atoms with E-state index in [1.807, 2.05) is 16.0 Å². The normalized spacial score (nSPS) is 14.7. The fraction of sp³-hybridized carbons (Fsp3) is 0.231. The van der Waals surface area contributed by atoms with E-state index in [9.17, 15) is 4.79 Å². The minimum absolute atomic E-state index is 0.0559. The molecule has 0 aliphatic carbocycles. The first kappa shape index (κ1) is 13.2. The van der Waals surface area contributed by atoms with Crippen LogP contribution in [0.5, 0.6) is 0 Å². The molecule has 8 nitrogen and oxygen atoms in total. The predicted molar refractivity (Wildman–Crippen MR) is 78.9 cm³/mol. The van der Waals surface area contributed by atoms with Crippen molar-refractivity contribution in [3.8, 4) is 10.8 Å². The van der Waals surface area contributed by atoms with E-state index >= 15 is 0 Å². The van der Waals surface area contributed by atoms with Gasteiger partial charge in [-0.05, 0) is 0 Å². The van der Waals surface area contributed by atoms with Crippen LogP contribution in [-0.2, 0) is 13.1 Å². The SMILES string of the molecule is CN1Cc2c(cc[s+]2-c2noc(CN)n2)-n2cncc2C1=O. The number of hydrogen-bond acceptors (Lipinski definition) is 6. The van der Waals surface area contributed by atoms with Gasteiger partial charge in [0.25, 0.3) is 5.91 Å². The number of nitrogens with zero attached hydrogens (tertiary/aromatic N) is 5. The number of carbonyl (C=O) groups excluding carboxylic acids is 1. The van der Waals surface area contributed by atoms with E-state index in [2.05, 4.69) is 15.1 Å². The molecule has 0 bridgehead atoms. The van der Waals surface area contributed by atoms with Crippen molar-refractivity contribution in [1.82, 2.24) is 24.6 Å². The zero-order chi connectivity index (χ0) is 15.3. The van der Waals surface area contributed by atoms with Crippen LogP contribution in [0, 0.1) is 0 Å². The van der Waals surface area contributed by atoms with Crippen molar-refractivity contribution >= 4 is 16.4 Å². The third kappa shape index (κ3) is 1.79. The van der Waals surface area contributed by atoms with Crippen LogP contribution in [0.15, 0.2) is 28.5 Å². The van der Waals surface area contributed by atoms with Crippen LogP contribution in [-0.4, -0.2) is 37.5 Å². The second kappa shape index (κ2) is 4.75. The summed E-state index contributed by atoms with van der Waals surface area (Å²) in [6.07, 6.45) is 3.24. The Hall–Kier alpha value is -2.52. The Labute approximate surface area is 128 Å². The molecular weight excluding hydrogens is 304 g/mol. The van der Waals surface area contributed by atoms with Gasteiger partial charge in [-0.3, -0.25) is 9.36 Å². The second-order valence-corrected chi connectivity index (χ2v) is 6.74. The van der Waals surface area contributed by atoms with Gasteiger partial charge < -0.3 is 15.2 Å².